The molecule has 2 aliphatic rings. The second kappa shape index (κ2) is 7.93. The number of ether oxygens (including phenoxy) is 1. The molecule has 1 heterocycles. The first-order chi connectivity index (χ1) is 12.9. The third-order valence-corrected chi connectivity index (χ3v) is 5.35. The van der Waals surface area contributed by atoms with Gasteiger partial charge in [-0.3, -0.25) is 14.4 Å². The van der Waals surface area contributed by atoms with Crippen LogP contribution in [0.25, 0.3) is 0 Å². The summed E-state index contributed by atoms with van der Waals surface area (Å²) in [5.74, 6) is -0.932. The number of carbonyl (C=O) groups excluding carboxylic acids is 4. The number of ketones is 1. The fourth-order valence-corrected chi connectivity index (χ4v) is 3.69. The first-order valence-corrected chi connectivity index (χ1v) is 9.63. The summed E-state index contributed by atoms with van der Waals surface area (Å²) in [6.07, 6.45) is 2.20. The van der Waals surface area contributed by atoms with Crippen LogP contribution in [0.3, 0.4) is 0 Å². The van der Waals surface area contributed by atoms with Crippen LogP contribution < -0.4 is 10.6 Å². The molecule has 8 nitrogen and oxygen atoms in total. The van der Waals surface area contributed by atoms with Crippen LogP contribution >= 0.6 is 0 Å². The van der Waals surface area contributed by atoms with Crippen LogP contribution in [-0.4, -0.2) is 58.9 Å². The molecule has 1 aliphatic carbocycles. The number of likely N-dealkylation sites (tertiary alicyclic amines) is 1. The molecule has 0 bridgehead atoms. The van der Waals surface area contributed by atoms with Gasteiger partial charge in [0.15, 0.2) is 5.78 Å². The van der Waals surface area contributed by atoms with Gasteiger partial charge < -0.3 is 20.3 Å². The van der Waals surface area contributed by atoms with Gasteiger partial charge in [0.1, 0.15) is 23.7 Å². The number of rotatable bonds is 6. The number of nitrogens with zero attached hydrogens (tertiary/aromatic N) is 1. The molecule has 2 rings (SSSR count). The molecule has 1 saturated heterocycles. The third kappa shape index (κ3) is 4.72. The number of carbonyl (C=O) groups is 4. The topological polar surface area (TPSA) is 105 Å². The Labute approximate surface area is 166 Å². The Kier molecular flexibility index (Phi) is 6.21. The van der Waals surface area contributed by atoms with E-state index in [0.717, 1.165) is 0 Å². The summed E-state index contributed by atoms with van der Waals surface area (Å²) >= 11 is 0. The van der Waals surface area contributed by atoms with E-state index in [4.69, 9.17) is 4.74 Å². The number of alkyl carbamates (subject to hydrolysis) is 1. The Bertz CT molecular complexity index is 684. The van der Waals surface area contributed by atoms with E-state index in [1.54, 1.807) is 26.8 Å². The van der Waals surface area contributed by atoms with Gasteiger partial charge in [-0.25, -0.2) is 4.79 Å². The van der Waals surface area contributed by atoms with Gasteiger partial charge in [0, 0.05) is 12.5 Å². The molecule has 2 fully saturated rings. The lowest BCUT2D eigenvalue weighted by Crippen LogP contribution is -2.55. The van der Waals surface area contributed by atoms with Crippen molar-refractivity contribution in [3.05, 3.63) is 12.7 Å². The average molecular weight is 393 g/mol. The van der Waals surface area contributed by atoms with E-state index in [-0.39, 0.29) is 36.0 Å². The second-order valence-electron chi connectivity index (χ2n) is 8.72. The van der Waals surface area contributed by atoms with Crippen LogP contribution in [0.15, 0.2) is 12.7 Å². The lowest BCUT2D eigenvalue weighted by atomic mass is 10.0. The lowest BCUT2D eigenvalue weighted by molar-refractivity contribution is -0.139. The first-order valence-electron chi connectivity index (χ1n) is 9.63. The molecule has 2 N–H and O–H groups in total. The van der Waals surface area contributed by atoms with E-state index in [1.165, 1.54) is 11.8 Å². The molecule has 1 aliphatic heterocycles. The molecule has 4 unspecified atom stereocenters. The Hall–Kier alpha value is -2.38. The van der Waals surface area contributed by atoms with Crippen LogP contribution in [0.1, 0.15) is 47.5 Å². The van der Waals surface area contributed by atoms with Crippen LogP contribution in [0.2, 0.25) is 0 Å². The zero-order chi connectivity index (χ0) is 21.3. The number of amides is 3. The average Bonchev–Trinajstić information content (AvgIpc) is 3.15. The third-order valence-electron chi connectivity index (χ3n) is 5.35. The van der Waals surface area contributed by atoms with Crippen molar-refractivity contribution >= 4 is 23.7 Å². The molecule has 3 amide bonds. The number of hydrogen-bond donors (Lipinski definition) is 2. The quantitative estimate of drug-likeness (QED) is 0.664. The van der Waals surface area contributed by atoms with Crippen molar-refractivity contribution in [1.29, 1.82) is 0 Å². The minimum atomic E-state index is -0.898. The Morgan fingerprint density at radius 1 is 1.29 bits per heavy atom. The maximum Gasteiger partial charge on any atom is 0.408 e. The van der Waals surface area contributed by atoms with Crippen molar-refractivity contribution in [3.8, 4) is 0 Å². The fraction of sp³-hybridized carbons (Fsp3) is 0.700. The zero-order valence-corrected chi connectivity index (χ0v) is 17.3. The Morgan fingerprint density at radius 3 is 2.43 bits per heavy atom. The van der Waals surface area contributed by atoms with Gasteiger partial charge in [0.2, 0.25) is 11.8 Å². The normalized spacial score (nSPS) is 29.0. The molecular formula is C20H31N3O5. The summed E-state index contributed by atoms with van der Waals surface area (Å²) in [6.45, 7) is 12.4. The molecule has 8 heteroatoms. The van der Waals surface area contributed by atoms with Crippen LogP contribution in [0, 0.1) is 11.8 Å². The molecule has 28 heavy (non-hydrogen) atoms. The van der Waals surface area contributed by atoms with E-state index in [9.17, 15) is 19.2 Å². The molecule has 1 saturated carbocycles. The Balaban J connectivity index is 2.00. The van der Waals surface area contributed by atoms with E-state index in [1.807, 2.05) is 6.92 Å². The molecule has 4 atom stereocenters. The maximum absolute atomic E-state index is 12.9. The summed E-state index contributed by atoms with van der Waals surface area (Å²) in [7, 11) is 0. The SMILES string of the molecule is C=CC1CC1(NC(=O)C1C(C)CCN1C(=O)CNC(=O)OC(C)(C)C)C(C)=O. The molecule has 0 radical (unpaired) electrons. The summed E-state index contributed by atoms with van der Waals surface area (Å²) in [5.41, 5.74) is -1.56. The van der Waals surface area contributed by atoms with Crippen LogP contribution in [0.5, 0.6) is 0 Å². The number of nitrogens with one attached hydrogen (secondary N) is 2. The van der Waals surface area contributed by atoms with Gasteiger partial charge in [-0.1, -0.05) is 13.0 Å². The van der Waals surface area contributed by atoms with E-state index in [0.29, 0.717) is 19.4 Å². The smallest absolute Gasteiger partial charge is 0.408 e. The molecule has 0 spiro atoms. The van der Waals surface area contributed by atoms with Crippen LogP contribution in [-0.2, 0) is 19.1 Å². The highest BCUT2D eigenvalue weighted by atomic mass is 16.6. The lowest BCUT2D eigenvalue weighted by Gasteiger charge is -2.28. The second-order valence-corrected chi connectivity index (χ2v) is 8.72. The maximum atomic E-state index is 12.9. The van der Waals surface area contributed by atoms with Crippen molar-refractivity contribution in [2.75, 3.05) is 13.1 Å². The van der Waals surface area contributed by atoms with Gasteiger partial charge in [-0.15, -0.1) is 6.58 Å². The van der Waals surface area contributed by atoms with Gasteiger partial charge in [-0.05, 0) is 46.5 Å². The highest BCUT2D eigenvalue weighted by molar-refractivity contribution is 5.98. The van der Waals surface area contributed by atoms with Crippen molar-refractivity contribution in [1.82, 2.24) is 15.5 Å². The van der Waals surface area contributed by atoms with E-state index in [2.05, 4.69) is 17.2 Å². The summed E-state index contributed by atoms with van der Waals surface area (Å²) < 4.78 is 5.12. The van der Waals surface area contributed by atoms with E-state index < -0.39 is 23.3 Å². The standard InChI is InChI=1S/C20H31N3O5/c1-7-14-10-20(14,13(3)24)22-17(26)16-12(2)8-9-23(16)15(25)11-21-18(27)28-19(4,5)6/h7,12,14,16H,1,8-11H2,2-6H3,(H,21,27)(H,22,26). The largest absolute Gasteiger partial charge is 0.444 e. The monoisotopic (exact) mass is 393 g/mol. The van der Waals surface area contributed by atoms with Crippen molar-refractivity contribution in [2.45, 2.75) is 64.6 Å². The van der Waals surface area contributed by atoms with Crippen molar-refractivity contribution in [2.24, 2.45) is 11.8 Å². The van der Waals surface area contributed by atoms with E-state index >= 15 is 0 Å². The minimum Gasteiger partial charge on any atom is -0.444 e. The molecule has 0 aromatic carbocycles. The predicted octanol–water partition coefficient (Wildman–Crippen LogP) is 1.40. The summed E-state index contributed by atoms with van der Waals surface area (Å²) in [6, 6.07) is -0.671. The zero-order valence-electron chi connectivity index (χ0n) is 17.3. The van der Waals surface area contributed by atoms with Gasteiger partial charge in [0.05, 0.1) is 0 Å². The highest BCUT2D eigenvalue weighted by Gasteiger charge is 2.58. The van der Waals surface area contributed by atoms with Gasteiger partial charge >= 0.3 is 6.09 Å². The molecule has 0 aromatic rings. The number of hydrogen-bond acceptors (Lipinski definition) is 5. The van der Waals surface area contributed by atoms with Gasteiger partial charge in [-0.2, -0.15) is 0 Å². The van der Waals surface area contributed by atoms with Crippen molar-refractivity contribution < 1.29 is 23.9 Å². The Morgan fingerprint density at radius 2 is 1.93 bits per heavy atom. The van der Waals surface area contributed by atoms with Crippen LogP contribution in [0.4, 0.5) is 4.79 Å². The minimum absolute atomic E-state index is 0.0459. The molecule has 0 aromatic heterocycles. The predicted molar refractivity (Wildman–Crippen MR) is 103 cm³/mol. The summed E-state index contributed by atoms with van der Waals surface area (Å²) in [4.78, 5) is 50.8. The fourth-order valence-electron chi connectivity index (χ4n) is 3.69. The van der Waals surface area contributed by atoms with Crippen molar-refractivity contribution in [3.63, 3.8) is 0 Å². The van der Waals surface area contributed by atoms with Gasteiger partial charge in [0.25, 0.3) is 0 Å². The molecule has 156 valence electrons. The number of Topliss-reactive ketones (excluding diaryl/α,β-unsaturated/α-hetero) is 1. The molecular weight excluding hydrogens is 362 g/mol. The highest BCUT2D eigenvalue weighted by Crippen LogP contribution is 2.45. The summed E-state index contributed by atoms with van der Waals surface area (Å²) in [5, 5.41) is 5.29. The first kappa shape index (κ1) is 21.9.